The Hall–Kier alpha value is -0.250. The lowest BCUT2D eigenvalue weighted by Gasteiger charge is -2.28. The molecule has 2 nitrogen and oxygen atoms in total. The van der Waals surface area contributed by atoms with Gasteiger partial charge in [-0.3, -0.25) is 0 Å². The summed E-state index contributed by atoms with van der Waals surface area (Å²) in [6.45, 7) is 7.38. The van der Waals surface area contributed by atoms with Gasteiger partial charge in [0.1, 0.15) is 5.75 Å². The van der Waals surface area contributed by atoms with Gasteiger partial charge in [0.05, 0.1) is 17.6 Å². The van der Waals surface area contributed by atoms with E-state index in [1.807, 2.05) is 12.1 Å². The van der Waals surface area contributed by atoms with Crippen molar-refractivity contribution in [1.82, 2.24) is 5.32 Å². The average Bonchev–Trinajstić information content (AvgIpc) is 2.28. The Morgan fingerprint density at radius 2 is 2.06 bits per heavy atom. The molecular formula is C13H19BrClNO. The summed E-state index contributed by atoms with van der Waals surface area (Å²) in [4.78, 5) is 0. The van der Waals surface area contributed by atoms with Gasteiger partial charge in [-0.15, -0.1) is 0 Å². The Labute approximate surface area is 117 Å². The first-order valence-electron chi connectivity index (χ1n) is 5.53. The number of aryl methyl sites for hydroxylation is 1. The maximum absolute atomic E-state index is 6.19. The second-order valence-electron chi connectivity index (χ2n) is 4.75. The second kappa shape index (κ2) is 6.07. The highest BCUT2D eigenvalue weighted by Crippen LogP contribution is 2.34. The molecule has 0 saturated carbocycles. The Balaban J connectivity index is 3.09. The largest absolute Gasteiger partial charge is 0.495 e. The molecule has 0 radical (unpaired) electrons. The van der Waals surface area contributed by atoms with Crippen molar-refractivity contribution in [3.05, 3.63) is 28.3 Å². The zero-order chi connectivity index (χ0) is 13.1. The first-order chi connectivity index (χ1) is 7.92. The number of hydrogen-bond donors (Lipinski definition) is 1. The summed E-state index contributed by atoms with van der Waals surface area (Å²) in [6, 6.07) is 4.00. The summed E-state index contributed by atoms with van der Waals surface area (Å²) in [5, 5.41) is 3.97. The molecule has 1 aromatic rings. The number of rotatable bonds is 5. The van der Waals surface area contributed by atoms with Crippen LogP contribution < -0.4 is 10.1 Å². The summed E-state index contributed by atoms with van der Waals surface area (Å²) in [5.41, 5.74) is 3.28. The van der Waals surface area contributed by atoms with E-state index in [9.17, 15) is 0 Å². The normalized spacial score (nSPS) is 11.6. The third kappa shape index (κ3) is 3.60. The zero-order valence-electron chi connectivity index (χ0n) is 10.7. The van der Waals surface area contributed by atoms with Crippen molar-refractivity contribution < 1.29 is 4.74 Å². The molecule has 1 aromatic carbocycles. The van der Waals surface area contributed by atoms with Crippen LogP contribution in [-0.4, -0.2) is 19.1 Å². The van der Waals surface area contributed by atoms with E-state index in [0.717, 1.165) is 17.7 Å². The first-order valence-corrected chi connectivity index (χ1v) is 7.03. The third-order valence-corrected chi connectivity index (χ3v) is 3.58. The molecule has 0 aliphatic rings. The molecule has 4 heteroatoms. The van der Waals surface area contributed by atoms with Crippen LogP contribution >= 0.6 is 27.5 Å². The minimum atomic E-state index is 0.0355. The van der Waals surface area contributed by atoms with Crippen molar-refractivity contribution in [2.75, 3.05) is 19.1 Å². The van der Waals surface area contributed by atoms with Gasteiger partial charge in [-0.25, -0.2) is 0 Å². The lowest BCUT2D eigenvalue weighted by Crippen LogP contribution is -2.32. The van der Waals surface area contributed by atoms with Crippen molar-refractivity contribution >= 4 is 27.5 Å². The molecule has 1 N–H and O–H groups in total. The molecule has 0 amide bonds. The molecule has 96 valence electrons. The molecule has 0 spiro atoms. The van der Waals surface area contributed by atoms with E-state index in [1.165, 1.54) is 11.1 Å². The number of alkyl halides is 1. The minimum Gasteiger partial charge on any atom is -0.495 e. The maximum Gasteiger partial charge on any atom is 0.137 e. The second-order valence-corrected chi connectivity index (χ2v) is 5.71. The van der Waals surface area contributed by atoms with Crippen LogP contribution in [0.25, 0.3) is 0 Å². The van der Waals surface area contributed by atoms with E-state index in [4.69, 9.17) is 16.3 Å². The van der Waals surface area contributed by atoms with Crippen molar-refractivity contribution in [2.45, 2.75) is 26.2 Å². The highest BCUT2D eigenvalue weighted by Gasteiger charge is 2.23. The monoisotopic (exact) mass is 319 g/mol. The number of halogens is 2. The molecule has 0 aliphatic carbocycles. The number of benzene rings is 1. The zero-order valence-corrected chi connectivity index (χ0v) is 13.1. The topological polar surface area (TPSA) is 21.3 Å². The summed E-state index contributed by atoms with van der Waals surface area (Å²) < 4.78 is 5.22. The van der Waals surface area contributed by atoms with Gasteiger partial charge in [-0.2, -0.15) is 0 Å². The van der Waals surface area contributed by atoms with Gasteiger partial charge in [0.25, 0.3) is 0 Å². The van der Waals surface area contributed by atoms with E-state index in [0.29, 0.717) is 5.02 Å². The van der Waals surface area contributed by atoms with Crippen LogP contribution in [0.1, 0.15) is 25.0 Å². The standard InChI is InChI=1S/C13H19BrClNO/c1-9-5-12(17-4)11(15)6-10(9)13(2,3)7-16-8-14/h5-6,16H,7-8H2,1-4H3. The van der Waals surface area contributed by atoms with Crippen LogP contribution in [0.5, 0.6) is 5.75 Å². The summed E-state index contributed by atoms with van der Waals surface area (Å²) in [5.74, 6) is 0.733. The van der Waals surface area contributed by atoms with E-state index < -0.39 is 0 Å². The van der Waals surface area contributed by atoms with Crippen molar-refractivity contribution in [3.8, 4) is 5.75 Å². The van der Waals surface area contributed by atoms with E-state index in [2.05, 4.69) is 42.0 Å². The number of methoxy groups -OCH3 is 1. The molecule has 0 heterocycles. The van der Waals surface area contributed by atoms with Crippen molar-refractivity contribution in [2.24, 2.45) is 0 Å². The van der Waals surface area contributed by atoms with Gasteiger partial charge >= 0.3 is 0 Å². The predicted octanol–water partition coefficient (Wildman–Crippen LogP) is 3.88. The fraction of sp³-hybridized carbons (Fsp3) is 0.538. The molecule has 0 atom stereocenters. The van der Waals surface area contributed by atoms with Crippen LogP contribution in [0.2, 0.25) is 5.02 Å². The van der Waals surface area contributed by atoms with E-state index >= 15 is 0 Å². The lowest BCUT2D eigenvalue weighted by molar-refractivity contribution is 0.413. The average molecular weight is 321 g/mol. The Morgan fingerprint density at radius 3 is 2.59 bits per heavy atom. The summed E-state index contributed by atoms with van der Waals surface area (Å²) in [7, 11) is 1.64. The number of ether oxygens (including phenoxy) is 1. The highest BCUT2D eigenvalue weighted by molar-refractivity contribution is 9.09. The highest BCUT2D eigenvalue weighted by atomic mass is 79.9. The van der Waals surface area contributed by atoms with Gasteiger partial charge in [0.15, 0.2) is 0 Å². The van der Waals surface area contributed by atoms with Crippen molar-refractivity contribution in [1.29, 1.82) is 0 Å². The van der Waals surface area contributed by atoms with Crippen LogP contribution in [-0.2, 0) is 5.41 Å². The van der Waals surface area contributed by atoms with Crippen LogP contribution in [0, 0.1) is 6.92 Å². The van der Waals surface area contributed by atoms with Gasteiger partial charge in [-0.1, -0.05) is 41.4 Å². The van der Waals surface area contributed by atoms with Crippen LogP contribution in [0.3, 0.4) is 0 Å². The first kappa shape index (κ1) is 14.8. The summed E-state index contributed by atoms with van der Waals surface area (Å²) >= 11 is 9.56. The molecule has 0 saturated heterocycles. The van der Waals surface area contributed by atoms with E-state index in [1.54, 1.807) is 7.11 Å². The predicted molar refractivity (Wildman–Crippen MR) is 77.6 cm³/mol. The number of nitrogens with one attached hydrogen (secondary N) is 1. The van der Waals surface area contributed by atoms with Crippen molar-refractivity contribution in [3.63, 3.8) is 0 Å². The Kier molecular flexibility index (Phi) is 5.29. The fourth-order valence-corrected chi connectivity index (χ4v) is 2.43. The Bertz CT molecular complexity index is 393. The van der Waals surface area contributed by atoms with Crippen LogP contribution in [0.15, 0.2) is 12.1 Å². The molecule has 0 unspecified atom stereocenters. The Morgan fingerprint density at radius 1 is 1.41 bits per heavy atom. The smallest absolute Gasteiger partial charge is 0.137 e. The van der Waals surface area contributed by atoms with Gasteiger partial charge < -0.3 is 10.1 Å². The summed E-state index contributed by atoms with van der Waals surface area (Å²) in [6.07, 6.45) is 0. The molecular weight excluding hydrogens is 302 g/mol. The van der Waals surface area contributed by atoms with E-state index in [-0.39, 0.29) is 5.41 Å². The lowest BCUT2D eigenvalue weighted by atomic mass is 9.82. The molecule has 1 rings (SSSR count). The van der Waals surface area contributed by atoms with Gasteiger partial charge in [0, 0.05) is 12.0 Å². The fourth-order valence-electron chi connectivity index (χ4n) is 2.00. The van der Waals surface area contributed by atoms with Gasteiger partial charge in [0.2, 0.25) is 0 Å². The third-order valence-electron chi connectivity index (χ3n) is 2.89. The molecule has 0 aliphatic heterocycles. The minimum absolute atomic E-state index is 0.0355. The maximum atomic E-state index is 6.19. The quantitative estimate of drug-likeness (QED) is 0.657. The molecule has 17 heavy (non-hydrogen) atoms. The molecule has 0 fully saturated rings. The molecule has 0 aromatic heterocycles. The van der Waals surface area contributed by atoms with Crippen LogP contribution in [0.4, 0.5) is 0 Å². The number of hydrogen-bond acceptors (Lipinski definition) is 2. The SMILES string of the molecule is COc1cc(C)c(C(C)(C)CNCBr)cc1Cl. The van der Waals surface area contributed by atoms with Gasteiger partial charge in [-0.05, 0) is 30.2 Å². The molecule has 0 bridgehead atoms.